The fourth-order valence-corrected chi connectivity index (χ4v) is 3.16. The SMILES string of the molecule is Cc1oc(-c2ccccc2)nc1COC(=O)CCC(=O)Nc1nnc(C(C)C)s1. The highest BCUT2D eigenvalue weighted by Gasteiger charge is 2.15. The first-order valence-electron chi connectivity index (χ1n) is 9.23. The fourth-order valence-electron chi connectivity index (χ4n) is 2.40. The highest BCUT2D eigenvalue weighted by molar-refractivity contribution is 7.15. The van der Waals surface area contributed by atoms with E-state index >= 15 is 0 Å². The number of rotatable bonds is 8. The number of hydrogen-bond donors (Lipinski definition) is 1. The van der Waals surface area contributed by atoms with Crippen molar-refractivity contribution in [1.82, 2.24) is 15.2 Å². The molecule has 0 aliphatic carbocycles. The molecule has 3 aromatic rings. The lowest BCUT2D eigenvalue weighted by Crippen LogP contribution is -2.14. The van der Waals surface area contributed by atoms with E-state index < -0.39 is 5.97 Å². The predicted octanol–water partition coefficient (Wildman–Crippen LogP) is 4.09. The van der Waals surface area contributed by atoms with E-state index in [9.17, 15) is 9.59 Å². The monoisotopic (exact) mass is 414 g/mol. The molecule has 0 aliphatic rings. The van der Waals surface area contributed by atoms with Gasteiger partial charge in [-0.05, 0) is 19.1 Å². The summed E-state index contributed by atoms with van der Waals surface area (Å²) in [5.41, 5.74) is 1.40. The molecule has 0 bridgehead atoms. The van der Waals surface area contributed by atoms with Gasteiger partial charge in [-0.15, -0.1) is 10.2 Å². The number of aryl methyl sites for hydroxylation is 1. The van der Waals surface area contributed by atoms with Gasteiger partial charge in [-0.25, -0.2) is 4.98 Å². The van der Waals surface area contributed by atoms with Crippen LogP contribution in [0.5, 0.6) is 0 Å². The molecule has 9 heteroatoms. The second-order valence-corrected chi connectivity index (χ2v) is 7.71. The van der Waals surface area contributed by atoms with Crippen molar-refractivity contribution >= 4 is 28.3 Å². The average Bonchev–Trinajstić information content (AvgIpc) is 3.32. The number of esters is 1. The van der Waals surface area contributed by atoms with Crippen LogP contribution in [0.15, 0.2) is 34.7 Å². The number of carbonyl (C=O) groups excluding carboxylic acids is 2. The fraction of sp³-hybridized carbons (Fsp3) is 0.350. The van der Waals surface area contributed by atoms with Crippen molar-refractivity contribution < 1.29 is 18.7 Å². The molecule has 0 saturated carbocycles. The van der Waals surface area contributed by atoms with Crippen molar-refractivity contribution in [3.63, 3.8) is 0 Å². The van der Waals surface area contributed by atoms with E-state index in [0.717, 1.165) is 10.6 Å². The molecule has 1 amide bonds. The van der Waals surface area contributed by atoms with Gasteiger partial charge in [0.2, 0.25) is 16.9 Å². The molecule has 0 fully saturated rings. The van der Waals surface area contributed by atoms with Gasteiger partial charge in [0.15, 0.2) is 0 Å². The number of anilines is 1. The zero-order valence-corrected chi connectivity index (χ0v) is 17.3. The number of carbonyl (C=O) groups is 2. The Bertz CT molecular complexity index is 982. The molecule has 0 aliphatic heterocycles. The zero-order valence-electron chi connectivity index (χ0n) is 16.5. The van der Waals surface area contributed by atoms with E-state index in [2.05, 4.69) is 20.5 Å². The van der Waals surface area contributed by atoms with Gasteiger partial charge in [0.05, 0.1) is 6.42 Å². The largest absolute Gasteiger partial charge is 0.459 e. The van der Waals surface area contributed by atoms with E-state index in [1.54, 1.807) is 6.92 Å². The first-order chi connectivity index (χ1) is 13.9. The van der Waals surface area contributed by atoms with Crippen molar-refractivity contribution in [2.24, 2.45) is 0 Å². The van der Waals surface area contributed by atoms with Crippen molar-refractivity contribution in [1.29, 1.82) is 0 Å². The lowest BCUT2D eigenvalue weighted by Gasteiger charge is -2.03. The third kappa shape index (κ3) is 5.71. The molecule has 0 spiro atoms. The highest BCUT2D eigenvalue weighted by Crippen LogP contribution is 2.23. The van der Waals surface area contributed by atoms with Crippen LogP contribution in [0.1, 0.15) is 49.1 Å². The maximum absolute atomic E-state index is 12.0. The molecule has 0 atom stereocenters. The molecule has 152 valence electrons. The molecule has 0 unspecified atom stereocenters. The minimum absolute atomic E-state index is 0.00247. The lowest BCUT2D eigenvalue weighted by atomic mass is 10.2. The summed E-state index contributed by atoms with van der Waals surface area (Å²) in [6.45, 7) is 5.77. The zero-order chi connectivity index (χ0) is 20.8. The van der Waals surface area contributed by atoms with Gasteiger partial charge < -0.3 is 14.5 Å². The third-order valence-electron chi connectivity index (χ3n) is 4.02. The van der Waals surface area contributed by atoms with Crippen LogP contribution < -0.4 is 5.32 Å². The normalized spacial score (nSPS) is 10.9. The number of amides is 1. The number of aromatic nitrogens is 3. The molecule has 0 radical (unpaired) electrons. The van der Waals surface area contributed by atoms with Crippen LogP contribution in [0.25, 0.3) is 11.5 Å². The van der Waals surface area contributed by atoms with E-state index in [1.807, 2.05) is 44.2 Å². The maximum Gasteiger partial charge on any atom is 0.306 e. The van der Waals surface area contributed by atoms with E-state index in [-0.39, 0.29) is 31.3 Å². The quantitative estimate of drug-likeness (QED) is 0.553. The Kier molecular flexibility index (Phi) is 6.71. The Morgan fingerprint density at radius 1 is 1.17 bits per heavy atom. The maximum atomic E-state index is 12.0. The smallest absolute Gasteiger partial charge is 0.306 e. The first-order valence-corrected chi connectivity index (χ1v) is 10.0. The van der Waals surface area contributed by atoms with Gasteiger partial charge in [-0.2, -0.15) is 0 Å². The van der Waals surface area contributed by atoms with Crippen LogP contribution in [0.3, 0.4) is 0 Å². The molecule has 1 aromatic carbocycles. The van der Waals surface area contributed by atoms with Crippen LogP contribution in [-0.4, -0.2) is 27.1 Å². The van der Waals surface area contributed by atoms with E-state index in [0.29, 0.717) is 22.5 Å². The van der Waals surface area contributed by atoms with Crippen molar-refractivity contribution in [3.8, 4) is 11.5 Å². The Hall–Kier alpha value is -3.07. The number of benzene rings is 1. The Morgan fingerprint density at radius 2 is 1.93 bits per heavy atom. The van der Waals surface area contributed by atoms with Gasteiger partial charge in [0.1, 0.15) is 23.1 Å². The number of oxazole rings is 1. The summed E-state index contributed by atoms with van der Waals surface area (Å²) in [4.78, 5) is 28.3. The summed E-state index contributed by atoms with van der Waals surface area (Å²) >= 11 is 1.32. The molecule has 0 saturated heterocycles. The topological polar surface area (TPSA) is 107 Å². The number of nitrogens with one attached hydrogen (secondary N) is 1. The van der Waals surface area contributed by atoms with E-state index in [4.69, 9.17) is 9.15 Å². The summed E-state index contributed by atoms with van der Waals surface area (Å²) in [6, 6.07) is 9.48. The van der Waals surface area contributed by atoms with Gasteiger partial charge in [-0.3, -0.25) is 9.59 Å². The summed E-state index contributed by atoms with van der Waals surface area (Å²) in [7, 11) is 0. The first kappa shape index (κ1) is 20.7. The van der Waals surface area contributed by atoms with Gasteiger partial charge in [-0.1, -0.05) is 43.4 Å². The van der Waals surface area contributed by atoms with Crippen LogP contribution in [0.4, 0.5) is 5.13 Å². The summed E-state index contributed by atoms with van der Waals surface area (Å²) in [6.07, 6.45) is -0.0351. The second kappa shape index (κ2) is 9.42. The predicted molar refractivity (Wildman–Crippen MR) is 108 cm³/mol. The number of nitrogens with zero attached hydrogens (tertiary/aromatic N) is 3. The van der Waals surface area contributed by atoms with Crippen LogP contribution >= 0.6 is 11.3 Å². The van der Waals surface area contributed by atoms with Gasteiger partial charge >= 0.3 is 5.97 Å². The van der Waals surface area contributed by atoms with Gasteiger partial charge in [0.25, 0.3) is 0 Å². The summed E-state index contributed by atoms with van der Waals surface area (Å²) < 4.78 is 10.9. The van der Waals surface area contributed by atoms with Crippen LogP contribution in [0.2, 0.25) is 0 Å². The van der Waals surface area contributed by atoms with Crippen LogP contribution in [0, 0.1) is 6.92 Å². The minimum Gasteiger partial charge on any atom is -0.459 e. The summed E-state index contributed by atoms with van der Waals surface area (Å²) in [5, 5.41) is 11.8. The number of hydrogen-bond acceptors (Lipinski definition) is 8. The minimum atomic E-state index is -0.482. The Morgan fingerprint density at radius 3 is 2.62 bits per heavy atom. The number of ether oxygens (including phenoxy) is 1. The molecular formula is C20H22N4O4S. The third-order valence-corrected chi connectivity index (χ3v) is 5.16. The molecular weight excluding hydrogens is 392 g/mol. The van der Waals surface area contributed by atoms with Crippen molar-refractivity contribution in [3.05, 3.63) is 46.8 Å². The Labute approximate surface area is 172 Å². The average molecular weight is 414 g/mol. The van der Waals surface area contributed by atoms with Crippen molar-refractivity contribution in [2.75, 3.05) is 5.32 Å². The summed E-state index contributed by atoms with van der Waals surface area (Å²) in [5.74, 6) is 0.523. The standard InChI is InChI=1S/C20H22N4O4S/c1-12(2)19-23-24-20(29-19)22-16(25)9-10-17(26)27-11-15-13(3)28-18(21-15)14-7-5-4-6-8-14/h4-8,12H,9-11H2,1-3H3,(H,22,24,25). The van der Waals surface area contributed by atoms with E-state index in [1.165, 1.54) is 11.3 Å². The van der Waals surface area contributed by atoms with Crippen molar-refractivity contribution in [2.45, 2.75) is 46.1 Å². The highest BCUT2D eigenvalue weighted by atomic mass is 32.1. The molecule has 2 heterocycles. The molecule has 29 heavy (non-hydrogen) atoms. The molecule has 8 nitrogen and oxygen atoms in total. The van der Waals surface area contributed by atoms with Crippen LogP contribution in [-0.2, 0) is 20.9 Å². The second-order valence-electron chi connectivity index (χ2n) is 6.70. The molecule has 2 aromatic heterocycles. The molecule has 3 rings (SSSR count). The lowest BCUT2D eigenvalue weighted by molar-refractivity contribution is -0.146. The Balaban J connectivity index is 1.45. The van der Waals surface area contributed by atoms with Gasteiger partial charge in [0, 0.05) is 17.9 Å². The molecule has 1 N–H and O–H groups in total.